The average molecular weight is 423 g/mol. The number of aromatic amines is 1. The van der Waals surface area contributed by atoms with Crippen LogP contribution in [0.5, 0.6) is 0 Å². The van der Waals surface area contributed by atoms with E-state index < -0.39 is 12.1 Å². The highest BCUT2D eigenvalue weighted by atomic mass is 16.5. The number of carbonyl (C=O) groups excluding carboxylic acids is 2. The summed E-state index contributed by atoms with van der Waals surface area (Å²) in [6.07, 6.45) is 2.88. The molecule has 0 aliphatic carbocycles. The van der Waals surface area contributed by atoms with Crippen molar-refractivity contribution < 1.29 is 14.3 Å². The van der Waals surface area contributed by atoms with Gasteiger partial charge in [-0.05, 0) is 30.7 Å². The molecule has 1 atom stereocenters. The first kappa shape index (κ1) is 19.8. The second-order valence-electron chi connectivity index (χ2n) is 7.53. The number of benzene rings is 3. The number of nitrogens with zero attached hydrogens (tertiary/aromatic N) is 2. The summed E-state index contributed by atoms with van der Waals surface area (Å²) in [5.74, 6) is -0.0692. The molecule has 5 rings (SSSR count). The van der Waals surface area contributed by atoms with Crippen molar-refractivity contribution in [2.75, 3.05) is 0 Å². The number of rotatable bonds is 5. The van der Waals surface area contributed by atoms with Gasteiger partial charge in [0.05, 0.1) is 16.6 Å². The van der Waals surface area contributed by atoms with Crippen molar-refractivity contribution in [1.82, 2.24) is 14.5 Å². The lowest BCUT2D eigenvalue weighted by Crippen LogP contribution is -2.31. The van der Waals surface area contributed by atoms with Crippen LogP contribution in [0, 0.1) is 0 Å². The third kappa shape index (κ3) is 3.36. The fourth-order valence-corrected chi connectivity index (χ4v) is 4.00. The molecule has 0 saturated carbocycles. The van der Waals surface area contributed by atoms with E-state index in [0.717, 1.165) is 33.2 Å². The predicted molar refractivity (Wildman–Crippen MR) is 124 cm³/mol. The summed E-state index contributed by atoms with van der Waals surface area (Å²) in [6, 6.07) is 22.5. The molecule has 6 heteroatoms. The van der Waals surface area contributed by atoms with Gasteiger partial charge >= 0.3 is 5.97 Å². The summed E-state index contributed by atoms with van der Waals surface area (Å²) < 4.78 is 7.33. The molecule has 0 saturated heterocycles. The van der Waals surface area contributed by atoms with Gasteiger partial charge in [0, 0.05) is 28.7 Å². The summed E-state index contributed by atoms with van der Waals surface area (Å²) >= 11 is 0. The molecule has 0 aliphatic heterocycles. The van der Waals surface area contributed by atoms with Gasteiger partial charge in [0.2, 0.25) is 0 Å². The number of nitrogens with one attached hydrogen (secondary N) is 1. The van der Waals surface area contributed by atoms with Crippen LogP contribution in [0.3, 0.4) is 0 Å². The minimum atomic E-state index is -0.897. The molecule has 5 aromatic rings. The van der Waals surface area contributed by atoms with Gasteiger partial charge in [-0.3, -0.25) is 9.36 Å². The largest absolute Gasteiger partial charge is 0.449 e. The number of fused-ring (bicyclic) bond motifs is 3. The van der Waals surface area contributed by atoms with Crippen LogP contribution in [-0.2, 0) is 4.74 Å². The van der Waals surface area contributed by atoms with Crippen LogP contribution in [0.25, 0.3) is 33.2 Å². The molecule has 2 heterocycles. The van der Waals surface area contributed by atoms with Gasteiger partial charge in [0.25, 0.3) is 5.91 Å². The Morgan fingerprint density at radius 2 is 1.56 bits per heavy atom. The number of imidazole rings is 1. The Labute approximate surface area is 184 Å². The molecule has 0 aliphatic rings. The minimum absolute atomic E-state index is 0.259. The zero-order chi connectivity index (χ0) is 22.1. The van der Waals surface area contributed by atoms with Gasteiger partial charge in [-0.15, -0.1) is 0 Å². The molecule has 3 aromatic carbocycles. The summed E-state index contributed by atoms with van der Waals surface area (Å²) in [6.45, 7) is 1.84. The van der Waals surface area contributed by atoms with E-state index in [2.05, 4.69) is 9.97 Å². The summed E-state index contributed by atoms with van der Waals surface area (Å²) in [5.41, 5.74) is 2.85. The van der Waals surface area contributed by atoms with Crippen LogP contribution in [0.2, 0.25) is 0 Å². The zero-order valence-electron chi connectivity index (χ0n) is 17.5. The Morgan fingerprint density at radius 1 is 0.938 bits per heavy atom. The fourth-order valence-electron chi connectivity index (χ4n) is 4.00. The second-order valence-corrected chi connectivity index (χ2v) is 7.53. The summed E-state index contributed by atoms with van der Waals surface area (Å²) in [5, 5.41) is 1.98. The molecule has 2 aromatic heterocycles. The lowest BCUT2D eigenvalue weighted by molar-refractivity contribution is 0.0245. The summed E-state index contributed by atoms with van der Waals surface area (Å²) in [4.78, 5) is 33.6. The normalized spacial score (nSPS) is 12.2. The van der Waals surface area contributed by atoms with Crippen LogP contribution in [0.4, 0.5) is 0 Å². The molecule has 0 amide bonds. The SMILES string of the molecule is CCC(OC(=O)c1ccc(-c2ncc[nH]2)cc1)C(=O)n1c2ccccc2c2ccccc21. The lowest BCUT2D eigenvalue weighted by Gasteiger charge is -2.17. The number of para-hydroxylation sites is 2. The predicted octanol–water partition coefficient (Wildman–Crippen LogP) is 5.46. The van der Waals surface area contributed by atoms with Crippen molar-refractivity contribution in [3.8, 4) is 11.4 Å². The van der Waals surface area contributed by atoms with Crippen molar-refractivity contribution in [3.63, 3.8) is 0 Å². The van der Waals surface area contributed by atoms with Crippen molar-refractivity contribution in [3.05, 3.63) is 90.8 Å². The Hall–Kier alpha value is -4.19. The highest BCUT2D eigenvalue weighted by Gasteiger charge is 2.26. The number of aromatic nitrogens is 3. The van der Waals surface area contributed by atoms with E-state index in [9.17, 15) is 9.59 Å². The Balaban J connectivity index is 1.44. The van der Waals surface area contributed by atoms with E-state index in [1.165, 1.54) is 0 Å². The van der Waals surface area contributed by atoms with E-state index >= 15 is 0 Å². The molecule has 1 N–H and O–H groups in total. The maximum Gasteiger partial charge on any atom is 0.338 e. The van der Waals surface area contributed by atoms with Crippen molar-refractivity contribution in [2.24, 2.45) is 0 Å². The molecular weight excluding hydrogens is 402 g/mol. The molecule has 1 unspecified atom stereocenters. The van der Waals surface area contributed by atoms with Crippen LogP contribution in [-0.4, -0.2) is 32.5 Å². The number of esters is 1. The first-order valence-electron chi connectivity index (χ1n) is 10.5. The highest BCUT2D eigenvalue weighted by Crippen LogP contribution is 2.29. The maximum absolute atomic E-state index is 13.5. The first-order valence-corrected chi connectivity index (χ1v) is 10.5. The molecule has 0 radical (unpaired) electrons. The third-order valence-electron chi connectivity index (χ3n) is 5.59. The standard InChI is InChI=1S/C26H21N3O3/c1-2-23(32-26(31)18-13-11-17(12-14-18)24-27-15-16-28-24)25(30)29-21-9-5-3-7-19(21)20-8-4-6-10-22(20)29/h3-16,23H,2H2,1H3,(H,27,28). The van der Waals surface area contributed by atoms with Crippen molar-refractivity contribution >= 4 is 33.7 Å². The quantitative estimate of drug-likeness (QED) is 0.381. The zero-order valence-corrected chi connectivity index (χ0v) is 17.5. The monoisotopic (exact) mass is 423 g/mol. The third-order valence-corrected chi connectivity index (χ3v) is 5.59. The van der Waals surface area contributed by atoms with Crippen molar-refractivity contribution in [1.29, 1.82) is 0 Å². The van der Waals surface area contributed by atoms with Crippen LogP contribution >= 0.6 is 0 Å². The highest BCUT2D eigenvalue weighted by molar-refractivity contribution is 6.14. The van der Waals surface area contributed by atoms with Crippen LogP contribution < -0.4 is 0 Å². The number of H-pyrrole nitrogens is 1. The molecule has 0 bridgehead atoms. The van der Waals surface area contributed by atoms with Gasteiger partial charge in [-0.25, -0.2) is 9.78 Å². The maximum atomic E-state index is 13.5. The Bertz CT molecular complexity index is 1360. The van der Waals surface area contributed by atoms with E-state index in [1.807, 2.05) is 55.5 Å². The topological polar surface area (TPSA) is 77.0 Å². The lowest BCUT2D eigenvalue weighted by atomic mass is 10.1. The minimum Gasteiger partial charge on any atom is -0.449 e. The van der Waals surface area contributed by atoms with E-state index in [-0.39, 0.29) is 5.91 Å². The van der Waals surface area contributed by atoms with Crippen LogP contribution in [0.1, 0.15) is 28.5 Å². The molecule has 32 heavy (non-hydrogen) atoms. The molecule has 158 valence electrons. The Kier molecular flexibility index (Phi) is 5.03. The number of hydrogen-bond acceptors (Lipinski definition) is 4. The molecule has 0 fully saturated rings. The Morgan fingerprint density at radius 3 is 2.12 bits per heavy atom. The van der Waals surface area contributed by atoms with Crippen molar-refractivity contribution in [2.45, 2.75) is 19.4 Å². The fraction of sp³-hybridized carbons (Fsp3) is 0.115. The van der Waals surface area contributed by atoms with Gasteiger partial charge in [-0.2, -0.15) is 0 Å². The van der Waals surface area contributed by atoms with Crippen LogP contribution in [0.15, 0.2) is 85.2 Å². The number of ether oxygens (including phenoxy) is 1. The summed E-state index contributed by atoms with van der Waals surface area (Å²) in [7, 11) is 0. The van der Waals surface area contributed by atoms with E-state index in [1.54, 1.807) is 41.2 Å². The van der Waals surface area contributed by atoms with E-state index in [0.29, 0.717) is 12.0 Å². The molecule has 6 nitrogen and oxygen atoms in total. The number of carbonyl (C=O) groups is 2. The van der Waals surface area contributed by atoms with Gasteiger partial charge in [0.15, 0.2) is 6.10 Å². The number of hydrogen-bond donors (Lipinski definition) is 1. The van der Waals surface area contributed by atoms with Gasteiger partial charge in [-0.1, -0.05) is 55.5 Å². The first-order chi connectivity index (χ1) is 15.7. The van der Waals surface area contributed by atoms with Gasteiger partial charge < -0.3 is 9.72 Å². The smallest absolute Gasteiger partial charge is 0.338 e. The second kappa shape index (κ2) is 8.15. The molecule has 0 spiro atoms. The van der Waals surface area contributed by atoms with Gasteiger partial charge in [0.1, 0.15) is 5.82 Å². The van der Waals surface area contributed by atoms with E-state index in [4.69, 9.17) is 4.74 Å². The average Bonchev–Trinajstić information content (AvgIpc) is 3.49. The molecular formula is C26H21N3O3.